The minimum atomic E-state index is -1.08. The van der Waals surface area contributed by atoms with Crippen molar-refractivity contribution >= 4 is 11.9 Å². The summed E-state index contributed by atoms with van der Waals surface area (Å²) in [7, 11) is 0. The van der Waals surface area contributed by atoms with E-state index in [1.54, 1.807) is 0 Å². The highest BCUT2D eigenvalue weighted by molar-refractivity contribution is 6.01. The lowest BCUT2D eigenvalue weighted by molar-refractivity contribution is -0.133. The molecule has 0 aliphatic heterocycles. The van der Waals surface area contributed by atoms with Gasteiger partial charge in [0.2, 0.25) is 5.91 Å². The first kappa shape index (κ1) is 12.7. The molecule has 0 saturated heterocycles. The number of carbonyl (C=O) groups is 2. The highest BCUT2D eigenvalue weighted by Gasteiger charge is 2.27. The summed E-state index contributed by atoms with van der Waals surface area (Å²) in [4.78, 5) is 22.1. The number of amides is 1. The maximum absolute atomic E-state index is 11.5. The summed E-state index contributed by atoms with van der Waals surface area (Å²) in [6.07, 6.45) is 1.18. The number of aliphatic hydroxyl groups is 1. The molecular formula is C11H17NO4. The van der Waals surface area contributed by atoms with Gasteiger partial charge < -0.3 is 15.5 Å². The fraction of sp³-hybridized carbons (Fsp3) is 0.636. The Kier molecular flexibility index (Phi) is 4.06. The van der Waals surface area contributed by atoms with Crippen molar-refractivity contribution in [2.45, 2.75) is 32.8 Å². The summed E-state index contributed by atoms with van der Waals surface area (Å²) in [5, 5.41) is 20.4. The molecule has 1 amide bonds. The molecule has 0 spiro atoms. The zero-order chi connectivity index (χ0) is 12.3. The van der Waals surface area contributed by atoms with E-state index in [0.717, 1.165) is 0 Å². The van der Waals surface area contributed by atoms with Gasteiger partial charge >= 0.3 is 5.97 Å². The van der Waals surface area contributed by atoms with Gasteiger partial charge in [-0.25, -0.2) is 4.79 Å². The molecule has 16 heavy (non-hydrogen) atoms. The Hall–Kier alpha value is -1.36. The number of rotatable bonds is 4. The predicted molar refractivity (Wildman–Crippen MR) is 57.8 cm³/mol. The quantitative estimate of drug-likeness (QED) is 0.603. The molecule has 0 aromatic carbocycles. The highest BCUT2D eigenvalue weighted by Crippen LogP contribution is 2.26. The van der Waals surface area contributed by atoms with Crippen LogP contribution in [0, 0.1) is 5.92 Å². The third-order valence-electron chi connectivity index (χ3n) is 2.99. The lowest BCUT2D eigenvalue weighted by atomic mass is 9.82. The number of aliphatic hydroxyl groups excluding tert-OH is 1. The number of carboxylic acid groups (broad SMARTS) is 1. The molecule has 90 valence electrons. The van der Waals surface area contributed by atoms with E-state index < -0.39 is 5.97 Å². The Labute approximate surface area is 94.2 Å². The second-order valence-corrected chi connectivity index (χ2v) is 4.26. The Morgan fingerprint density at radius 1 is 1.25 bits per heavy atom. The van der Waals surface area contributed by atoms with Crippen molar-refractivity contribution in [1.82, 2.24) is 5.32 Å². The van der Waals surface area contributed by atoms with Crippen LogP contribution >= 0.6 is 0 Å². The van der Waals surface area contributed by atoms with Crippen LogP contribution in [-0.2, 0) is 9.59 Å². The van der Waals surface area contributed by atoms with E-state index >= 15 is 0 Å². The van der Waals surface area contributed by atoms with Crippen molar-refractivity contribution in [1.29, 1.82) is 0 Å². The van der Waals surface area contributed by atoms with Crippen molar-refractivity contribution in [2.24, 2.45) is 5.92 Å². The highest BCUT2D eigenvalue weighted by atomic mass is 16.4. The van der Waals surface area contributed by atoms with Gasteiger partial charge in [-0.3, -0.25) is 4.79 Å². The number of carbonyl (C=O) groups excluding carboxylic acids is 1. The van der Waals surface area contributed by atoms with Gasteiger partial charge in [0.1, 0.15) is 0 Å². The third kappa shape index (κ3) is 3.06. The maximum Gasteiger partial charge on any atom is 0.331 e. The Morgan fingerprint density at radius 2 is 1.81 bits per heavy atom. The van der Waals surface area contributed by atoms with Crippen LogP contribution in [0.25, 0.3) is 0 Å². The van der Waals surface area contributed by atoms with Crippen LogP contribution in [0.3, 0.4) is 0 Å². The van der Waals surface area contributed by atoms with Crippen molar-refractivity contribution < 1.29 is 19.8 Å². The smallest absolute Gasteiger partial charge is 0.331 e. The van der Waals surface area contributed by atoms with Gasteiger partial charge in [-0.05, 0) is 32.6 Å². The number of nitrogens with one attached hydrogen (secondary N) is 1. The first-order valence-electron chi connectivity index (χ1n) is 5.28. The first-order chi connectivity index (χ1) is 7.41. The molecule has 1 aliphatic rings. The molecule has 0 unspecified atom stereocenters. The average molecular weight is 227 g/mol. The van der Waals surface area contributed by atoms with Crippen LogP contribution in [0.15, 0.2) is 11.1 Å². The topological polar surface area (TPSA) is 86.6 Å². The van der Waals surface area contributed by atoms with Gasteiger partial charge in [0.25, 0.3) is 0 Å². The van der Waals surface area contributed by atoms with Gasteiger partial charge in [0.15, 0.2) is 0 Å². The zero-order valence-corrected chi connectivity index (χ0v) is 9.49. The van der Waals surface area contributed by atoms with Crippen molar-refractivity contribution in [3.8, 4) is 0 Å². The number of aliphatic carboxylic acids is 1. The molecule has 1 rings (SSSR count). The van der Waals surface area contributed by atoms with Crippen LogP contribution in [0.1, 0.15) is 26.7 Å². The zero-order valence-electron chi connectivity index (χ0n) is 9.49. The molecule has 0 heterocycles. The standard InChI is InChI=1S/C11H17NO4/c1-6(7(2)11(15)16)10(14)12-5-8-3-9(13)4-8/h8-9,13H,3-5H2,1-2H3,(H,12,14)(H,15,16). The maximum atomic E-state index is 11.5. The molecule has 5 nitrogen and oxygen atoms in total. The van der Waals surface area contributed by atoms with Crippen molar-refractivity contribution in [3.05, 3.63) is 11.1 Å². The van der Waals surface area contributed by atoms with Gasteiger partial charge in [0, 0.05) is 17.7 Å². The lowest BCUT2D eigenvalue weighted by Crippen LogP contribution is -2.38. The molecular weight excluding hydrogens is 210 g/mol. The average Bonchev–Trinajstić information content (AvgIpc) is 2.19. The molecule has 0 aromatic heterocycles. The Morgan fingerprint density at radius 3 is 2.25 bits per heavy atom. The SMILES string of the molecule is CC(C(=O)O)=C(C)C(=O)NCC1CC(O)C1. The number of hydrogen-bond acceptors (Lipinski definition) is 3. The molecule has 1 fully saturated rings. The van der Waals surface area contributed by atoms with E-state index in [1.807, 2.05) is 0 Å². The van der Waals surface area contributed by atoms with Gasteiger partial charge in [-0.1, -0.05) is 0 Å². The second kappa shape index (κ2) is 5.12. The minimum absolute atomic E-state index is 0.0612. The van der Waals surface area contributed by atoms with Crippen LogP contribution in [0.5, 0.6) is 0 Å². The van der Waals surface area contributed by atoms with E-state index in [4.69, 9.17) is 10.2 Å². The molecule has 1 aliphatic carbocycles. The predicted octanol–water partition coefficient (Wildman–Crippen LogP) is 0.294. The van der Waals surface area contributed by atoms with Gasteiger partial charge in [0.05, 0.1) is 6.10 Å². The summed E-state index contributed by atoms with van der Waals surface area (Å²) in [5.41, 5.74) is 0.290. The van der Waals surface area contributed by atoms with E-state index in [9.17, 15) is 9.59 Å². The fourth-order valence-electron chi connectivity index (χ4n) is 1.57. The fourth-order valence-corrected chi connectivity index (χ4v) is 1.57. The van der Waals surface area contributed by atoms with E-state index in [-0.39, 0.29) is 23.2 Å². The molecule has 0 atom stereocenters. The molecule has 0 aromatic rings. The van der Waals surface area contributed by atoms with E-state index in [0.29, 0.717) is 25.3 Å². The largest absolute Gasteiger partial charge is 0.478 e. The normalized spacial score (nSPS) is 25.4. The van der Waals surface area contributed by atoms with Crippen molar-refractivity contribution in [3.63, 3.8) is 0 Å². The van der Waals surface area contributed by atoms with Crippen molar-refractivity contribution in [2.75, 3.05) is 6.54 Å². The van der Waals surface area contributed by atoms with E-state index in [1.165, 1.54) is 13.8 Å². The second-order valence-electron chi connectivity index (χ2n) is 4.26. The third-order valence-corrected chi connectivity index (χ3v) is 2.99. The van der Waals surface area contributed by atoms with Crippen LogP contribution in [0.4, 0.5) is 0 Å². The summed E-state index contributed by atoms with van der Waals surface area (Å²) in [6, 6.07) is 0. The number of hydrogen-bond donors (Lipinski definition) is 3. The van der Waals surface area contributed by atoms with E-state index in [2.05, 4.69) is 5.32 Å². The summed E-state index contributed by atoms with van der Waals surface area (Å²) in [5.74, 6) is -1.11. The van der Waals surface area contributed by atoms with Gasteiger partial charge in [-0.15, -0.1) is 0 Å². The minimum Gasteiger partial charge on any atom is -0.478 e. The van der Waals surface area contributed by atoms with Crippen LogP contribution in [-0.4, -0.2) is 34.7 Å². The molecule has 1 saturated carbocycles. The molecule has 5 heteroatoms. The summed E-state index contributed by atoms with van der Waals surface area (Å²) >= 11 is 0. The Bertz CT molecular complexity index is 329. The Balaban J connectivity index is 2.40. The van der Waals surface area contributed by atoms with Crippen LogP contribution in [0.2, 0.25) is 0 Å². The monoisotopic (exact) mass is 227 g/mol. The molecule has 0 radical (unpaired) electrons. The molecule has 0 bridgehead atoms. The van der Waals surface area contributed by atoms with Crippen LogP contribution < -0.4 is 5.32 Å². The number of carboxylic acids is 1. The summed E-state index contributed by atoms with van der Waals surface area (Å²) < 4.78 is 0. The lowest BCUT2D eigenvalue weighted by Gasteiger charge is -2.31. The van der Waals surface area contributed by atoms with Gasteiger partial charge in [-0.2, -0.15) is 0 Å². The first-order valence-corrected chi connectivity index (χ1v) is 5.28. The summed E-state index contributed by atoms with van der Waals surface area (Å²) in [6.45, 7) is 3.40. The molecule has 3 N–H and O–H groups in total.